The number of ether oxygens (including phenoxy) is 1. The van der Waals surface area contributed by atoms with E-state index in [-0.39, 0.29) is 5.78 Å². The highest BCUT2D eigenvalue weighted by Gasteiger charge is 2.40. The van der Waals surface area contributed by atoms with Crippen molar-refractivity contribution in [1.82, 2.24) is 0 Å². The molecule has 1 N–H and O–H groups in total. The predicted octanol–water partition coefficient (Wildman–Crippen LogP) is 4.23. The number of carbonyl (C=O) groups is 2. The van der Waals surface area contributed by atoms with Gasteiger partial charge >= 0.3 is 6.09 Å². The van der Waals surface area contributed by atoms with Crippen LogP contribution in [0, 0.1) is 16.7 Å². The Morgan fingerprint density at radius 3 is 2.67 bits per heavy atom. The summed E-state index contributed by atoms with van der Waals surface area (Å²) < 4.78 is 5.28. The van der Waals surface area contributed by atoms with Crippen molar-refractivity contribution in [2.24, 2.45) is 5.41 Å². The third kappa shape index (κ3) is 4.35. The van der Waals surface area contributed by atoms with E-state index in [4.69, 9.17) is 4.74 Å². The van der Waals surface area contributed by atoms with Gasteiger partial charge in [0.1, 0.15) is 11.0 Å². The van der Waals surface area contributed by atoms with Crippen molar-refractivity contribution in [3.05, 3.63) is 29.8 Å². The van der Waals surface area contributed by atoms with Gasteiger partial charge in [-0.3, -0.25) is 10.1 Å². The maximum atomic E-state index is 12.3. The number of carbonyl (C=O) groups excluding carboxylic acids is 2. The lowest BCUT2D eigenvalue weighted by molar-refractivity contribution is -0.128. The van der Waals surface area contributed by atoms with Crippen LogP contribution in [-0.2, 0) is 16.0 Å². The van der Waals surface area contributed by atoms with E-state index in [1.54, 1.807) is 32.9 Å². The molecule has 2 rings (SSSR count). The molecule has 1 amide bonds. The van der Waals surface area contributed by atoms with Gasteiger partial charge in [-0.1, -0.05) is 24.6 Å². The van der Waals surface area contributed by atoms with Crippen molar-refractivity contribution in [2.75, 3.05) is 5.32 Å². The number of hydrogen-bond donors (Lipinski definition) is 1. The number of ketones is 1. The number of nitrogens with zero attached hydrogens (tertiary/aromatic N) is 1. The Bertz CT molecular complexity index is 670. The van der Waals surface area contributed by atoms with Crippen LogP contribution in [0.1, 0.15) is 52.0 Å². The largest absolute Gasteiger partial charge is 0.444 e. The van der Waals surface area contributed by atoms with Gasteiger partial charge in [0, 0.05) is 18.5 Å². The van der Waals surface area contributed by atoms with Crippen molar-refractivity contribution in [2.45, 2.75) is 58.5 Å². The van der Waals surface area contributed by atoms with Gasteiger partial charge in [0.15, 0.2) is 5.78 Å². The number of amides is 1. The van der Waals surface area contributed by atoms with Crippen molar-refractivity contribution in [3.8, 4) is 6.07 Å². The van der Waals surface area contributed by atoms with Crippen LogP contribution in [0.15, 0.2) is 24.3 Å². The molecule has 1 fully saturated rings. The fourth-order valence-electron chi connectivity index (χ4n) is 2.97. The number of nitriles is 1. The number of rotatable bonds is 3. The minimum Gasteiger partial charge on any atom is -0.444 e. The Labute approximate surface area is 143 Å². The minimum atomic E-state index is -0.982. The number of Topliss-reactive ketones (excluding diaryl/α,β-unsaturated/α-hetero) is 1. The lowest BCUT2D eigenvalue weighted by atomic mass is 9.70. The third-order valence-corrected chi connectivity index (χ3v) is 4.15. The zero-order valence-electron chi connectivity index (χ0n) is 14.5. The second kappa shape index (κ2) is 7.04. The van der Waals surface area contributed by atoms with Gasteiger partial charge in [-0.15, -0.1) is 0 Å². The Morgan fingerprint density at radius 2 is 2.04 bits per heavy atom. The summed E-state index contributed by atoms with van der Waals surface area (Å²) >= 11 is 0. The first kappa shape index (κ1) is 18.0. The maximum Gasteiger partial charge on any atom is 0.412 e. The summed E-state index contributed by atoms with van der Waals surface area (Å²) in [7, 11) is 0. The molecular formula is C19H24N2O3. The Kier molecular flexibility index (Phi) is 5.28. The highest BCUT2D eigenvalue weighted by molar-refractivity contribution is 5.89. The molecule has 0 unspecified atom stereocenters. The zero-order chi connectivity index (χ0) is 17.8. The summed E-state index contributed by atoms with van der Waals surface area (Å²) in [5.41, 5.74) is -0.212. The summed E-state index contributed by atoms with van der Waals surface area (Å²) in [6.07, 6.45) is 2.52. The Hall–Kier alpha value is -2.35. The molecule has 5 nitrogen and oxygen atoms in total. The van der Waals surface area contributed by atoms with Crippen molar-refractivity contribution in [1.29, 1.82) is 5.26 Å². The van der Waals surface area contributed by atoms with Gasteiger partial charge in [0.05, 0.1) is 6.07 Å². The van der Waals surface area contributed by atoms with Crippen LogP contribution in [0.5, 0.6) is 0 Å². The van der Waals surface area contributed by atoms with Gasteiger partial charge in [0.25, 0.3) is 0 Å². The highest BCUT2D eigenvalue weighted by Crippen LogP contribution is 2.37. The highest BCUT2D eigenvalue weighted by atomic mass is 16.6. The molecule has 0 bridgehead atoms. The topological polar surface area (TPSA) is 79.2 Å². The van der Waals surface area contributed by atoms with Crippen molar-refractivity contribution >= 4 is 17.6 Å². The number of anilines is 1. The maximum absolute atomic E-state index is 12.3. The Balaban J connectivity index is 2.21. The van der Waals surface area contributed by atoms with E-state index >= 15 is 0 Å². The SMILES string of the molecule is CC(C)(C)OC(=O)Nc1ccccc1C[C@]1(C#N)CCCCC1=O. The standard InChI is InChI=1S/C19H24N2O3/c1-18(2,3)24-17(23)21-15-9-5-4-8-14(15)12-19(13-20)11-7-6-10-16(19)22/h4-5,8-9H,6-7,10-12H2,1-3H3,(H,21,23)/t19-/m0/s1. The van der Waals surface area contributed by atoms with E-state index in [1.807, 2.05) is 12.1 Å². The minimum absolute atomic E-state index is 0.00308. The molecule has 1 aromatic carbocycles. The number of hydrogen-bond acceptors (Lipinski definition) is 4. The predicted molar refractivity (Wildman–Crippen MR) is 91.5 cm³/mol. The Morgan fingerprint density at radius 1 is 1.33 bits per heavy atom. The first-order valence-corrected chi connectivity index (χ1v) is 8.28. The smallest absolute Gasteiger partial charge is 0.412 e. The second-order valence-corrected chi connectivity index (χ2v) is 7.29. The molecule has 5 heteroatoms. The molecule has 128 valence electrons. The molecule has 1 aliphatic rings. The fourth-order valence-corrected chi connectivity index (χ4v) is 2.97. The molecule has 1 aliphatic carbocycles. The molecule has 24 heavy (non-hydrogen) atoms. The van der Waals surface area contributed by atoms with Gasteiger partial charge < -0.3 is 4.74 Å². The summed E-state index contributed by atoms with van der Waals surface area (Å²) in [6.45, 7) is 5.39. The lowest BCUT2D eigenvalue weighted by Crippen LogP contribution is -2.35. The van der Waals surface area contributed by atoms with Gasteiger partial charge in [-0.05, 0) is 45.2 Å². The molecule has 0 aliphatic heterocycles. The van der Waals surface area contributed by atoms with E-state index in [0.717, 1.165) is 18.4 Å². The fraction of sp³-hybridized carbons (Fsp3) is 0.526. The molecule has 1 atom stereocenters. The number of benzene rings is 1. The summed E-state index contributed by atoms with van der Waals surface area (Å²) in [5.74, 6) is 0.00308. The molecule has 1 aromatic rings. The monoisotopic (exact) mass is 328 g/mol. The summed E-state index contributed by atoms with van der Waals surface area (Å²) in [4.78, 5) is 24.4. The second-order valence-electron chi connectivity index (χ2n) is 7.29. The lowest BCUT2D eigenvalue weighted by Gasteiger charge is -2.30. The first-order chi connectivity index (χ1) is 11.3. The van der Waals surface area contributed by atoms with Crippen LogP contribution >= 0.6 is 0 Å². The van der Waals surface area contributed by atoms with E-state index < -0.39 is 17.1 Å². The van der Waals surface area contributed by atoms with Gasteiger partial charge in [0.2, 0.25) is 0 Å². The van der Waals surface area contributed by atoms with E-state index in [1.165, 1.54) is 0 Å². The third-order valence-electron chi connectivity index (χ3n) is 4.15. The molecule has 0 radical (unpaired) electrons. The summed E-state index contributed by atoms with van der Waals surface area (Å²) in [5, 5.41) is 12.3. The molecule has 1 saturated carbocycles. The number of nitrogens with one attached hydrogen (secondary N) is 1. The van der Waals surface area contributed by atoms with Crippen molar-refractivity contribution < 1.29 is 14.3 Å². The number of para-hydroxylation sites is 1. The van der Waals surface area contributed by atoms with Crippen LogP contribution in [0.3, 0.4) is 0 Å². The van der Waals surface area contributed by atoms with Crippen LogP contribution in [0.2, 0.25) is 0 Å². The molecule has 0 aromatic heterocycles. The van der Waals surface area contributed by atoms with Crippen molar-refractivity contribution in [3.63, 3.8) is 0 Å². The zero-order valence-corrected chi connectivity index (χ0v) is 14.5. The molecule has 0 saturated heterocycles. The van der Waals surface area contributed by atoms with Crippen LogP contribution in [0.4, 0.5) is 10.5 Å². The van der Waals surface area contributed by atoms with Gasteiger partial charge in [-0.2, -0.15) is 5.26 Å². The average Bonchev–Trinajstić information content (AvgIpc) is 2.49. The van der Waals surface area contributed by atoms with E-state index in [9.17, 15) is 14.9 Å². The van der Waals surface area contributed by atoms with Gasteiger partial charge in [-0.25, -0.2) is 4.79 Å². The van der Waals surface area contributed by atoms with E-state index in [0.29, 0.717) is 24.9 Å². The van der Waals surface area contributed by atoms with E-state index in [2.05, 4.69) is 11.4 Å². The average molecular weight is 328 g/mol. The first-order valence-electron chi connectivity index (χ1n) is 8.28. The molecule has 0 heterocycles. The summed E-state index contributed by atoms with van der Waals surface area (Å²) in [6, 6.07) is 9.49. The quantitative estimate of drug-likeness (QED) is 0.900. The van der Waals surface area contributed by atoms with Crippen LogP contribution < -0.4 is 5.32 Å². The normalized spacial score (nSPS) is 21.0. The molecule has 0 spiro atoms. The van der Waals surface area contributed by atoms with Crippen LogP contribution in [-0.4, -0.2) is 17.5 Å². The molecular weight excluding hydrogens is 304 g/mol. The van der Waals surface area contributed by atoms with Crippen LogP contribution in [0.25, 0.3) is 0 Å².